The number of piperidine rings is 1. The number of anilines is 1. The van der Waals surface area contributed by atoms with E-state index in [9.17, 15) is 13.2 Å². The van der Waals surface area contributed by atoms with E-state index in [4.69, 9.17) is 4.98 Å². The smallest absolute Gasteiger partial charge is 0.243 e. The monoisotopic (exact) mass is 551 g/mol. The molecule has 2 aromatic carbocycles. The summed E-state index contributed by atoms with van der Waals surface area (Å²) in [7, 11) is -3.57. The normalized spacial score (nSPS) is 15.7. The molecule has 4 aromatic rings. The van der Waals surface area contributed by atoms with E-state index in [2.05, 4.69) is 43.3 Å². The van der Waals surface area contributed by atoms with Gasteiger partial charge in [0.2, 0.25) is 21.1 Å². The van der Waals surface area contributed by atoms with Crippen LogP contribution >= 0.6 is 11.3 Å². The quantitative estimate of drug-likeness (QED) is 0.356. The van der Waals surface area contributed by atoms with Gasteiger partial charge in [-0.25, -0.2) is 13.4 Å². The third-order valence-electron chi connectivity index (χ3n) is 6.99. The number of benzene rings is 2. The van der Waals surface area contributed by atoms with Crippen molar-refractivity contribution in [3.63, 3.8) is 0 Å². The summed E-state index contributed by atoms with van der Waals surface area (Å²) in [5.74, 6) is 0.153. The Morgan fingerprint density at radius 2 is 1.71 bits per heavy atom. The van der Waals surface area contributed by atoms with Crippen LogP contribution in [0.2, 0.25) is 0 Å². The van der Waals surface area contributed by atoms with Crippen LogP contribution in [0, 0.1) is 19.8 Å². The molecule has 3 heterocycles. The van der Waals surface area contributed by atoms with Gasteiger partial charge in [0.25, 0.3) is 0 Å². The molecule has 1 saturated heterocycles. The fourth-order valence-electron chi connectivity index (χ4n) is 4.65. The van der Waals surface area contributed by atoms with Crippen molar-refractivity contribution in [3.8, 4) is 5.13 Å². The minimum atomic E-state index is -3.57. The van der Waals surface area contributed by atoms with Crippen molar-refractivity contribution >= 4 is 43.3 Å². The predicted molar refractivity (Wildman–Crippen MR) is 151 cm³/mol. The van der Waals surface area contributed by atoms with Gasteiger partial charge in [-0.3, -0.25) is 4.79 Å². The molecule has 0 unspecified atom stereocenters. The van der Waals surface area contributed by atoms with Gasteiger partial charge in [-0.1, -0.05) is 55.9 Å². The predicted octanol–water partition coefficient (Wildman–Crippen LogP) is 5.44. The van der Waals surface area contributed by atoms with Crippen molar-refractivity contribution in [2.75, 3.05) is 18.4 Å². The lowest BCUT2D eigenvalue weighted by Gasteiger charge is -2.30. The van der Waals surface area contributed by atoms with Gasteiger partial charge in [-0.2, -0.15) is 14.1 Å². The molecular weight excluding hydrogens is 518 g/mol. The number of rotatable bonds is 5. The molecule has 1 aliphatic rings. The van der Waals surface area contributed by atoms with Gasteiger partial charge in [-0.15, -0.1) is 0 Å². The Kier molecular flexibility index (Phi) is 6.91. The molecule has 8 nitrogen and oxygen atoms in total. The maximum atomic E-state index is 13.2. The summed E-state index contributed by atoms with van der Waals surface area (Å²) < 4.78 is 30.3. The highest BCUT2D eigenvalue weighted by Crippen LogP contribution is 2.32. The molecule has 1 N–H and O–H groups in total. The zero-order valence-electron chi connectivity index (χ0n) is 22.4. The number of nitrogens with one attached hydrogen (secondary N) is 1. The number of hydrogen-bond acceptors (Lipinski definition) is 6. The van der Waals surface area contributed by atoms with Gasteiger partial charge in [0.1, 0.15) is 5.82 Å². The lowest BCUT2D eigenvalue weighted by molar-refractivity contribution is -0.120. The van der Waals surface area contributed by atoms with Crippen molar-refractivity contribution in [2.24, 2.45) is 5.92 Å². The number of thiazole rings is 1. The highest BCUT2D eigenvalue weighted by molar-refractivity contribution is 7.89. The number of sulfonamides is 1. The first-order chi connectivity index (χ1) is 17.9. The largest absolute Gasteiger partial charge is 0.310 e. The first-order valence-electron chi connectivity index (χ1n) is 12.8. The summed E-state index contributed by atoms with van der Waals surface area (Å²) >= 11 is 1.54. The van der Waals surface area contributed by atoms with E-state index in [0.29, 0.717) is 36.9 Å². The molecular formula is C28H33N5O3S2. The summed E-state index contributed by atoms with van der Waals surface area (Å²) in [4.78, 5) is 18.3. The number of amides is 1. The third-order valence-corrected chi connectivity index (χ3v) is 9.90. The number of hydrogen-bond donors (Lipinski definition) is 1. The Balaban J connectivity index is 1.30. The summed E-state index contributed by atoms with van der Waals surface area (Å²) in [6.07, 6.45) is 0.918. The molecule has 0 spiro atoms. The summed E-state index contributed by atoms with van der Waals surface area (Å²) in [6.45, 7) is 11.0. The Morgan fingerprint density at radius 3 is 2.37 bits per heavy atom. The molecule has 1 amide bonds. The molecule has 200 valence electrons. The van der Waals surface area contributed by atoms with Crippen molar-refractivity contribution in [1.29, 1.82) is 0 Å². The van der Waals surface area contributed by atoms with Gasteiger partial charge < -0.3 is 5.32 Å². The van der Waals surface area contributed by atoms with Crippen molar-refractivity contribution in [3.05, 3.63) is 65.4 Å². The number of carbonyl (C=O) groups is 1. The van der Waals surface area contributed by atoms with Gasteiger partial charge in [0, 0.05) is 25.1 Å². The molecule has 0 atom stereocenters. The fourth-order valence-corrected chi connectivity index (χ4v) is 7.09. The van der Waals surface area contributed by atoms with E-state index in [1.165, 1.54) is 21.2 Å². The second kappa shape index (κ2) is 9.91. The minimum absolute atomic E-state index is 0.0365. The number of aryl methyl sites for hydroxylation is 2. The zero-order valence-corrected chi connectivity index (χ0v) is 24.0. The minimum Gasteiger partial charge on any atom is -0.310 e. The highest BCUT2D eigenvalue weighted by Gasteiger charge is 2.32. The van der Waals surface area contributed by atoms with Crippen LogP contribution < -0.4 is 5.32 Å². The maximum Gasteiger partial charge on any atom is 0.243 e. The SMILES string of the molecule is Cc1ccc(S(=O)(=O)N2CCC(C(=O)Nc3cc(C)nn3-c3nc4ccc(C(C)(C)C)cc4s3)CC2)cc1. The lowest BCUT2D eigenvalue weighted by atomic mass is 9.87. The van der Waals surface area contributed by atoms with E-state index >= 15 is 0 Å². The maximum absolute atomic E-state index is 13.2. The zero-order chi connectivity index (χ0) is 27.2. The van der Waals surface area contributed by atoms with E-state index in [0.717, 1.165) is 21.5 Å². The Labute approximate surface area is 227 Å². The molecule has 0 radical (unpaired) electrons. The van der Waals surface area contributed by atoms with Crippen LogP contribution in [-0.2, 0) is 20.2 Å². The average molecular weight is 552 g/mol. The van der Waals surface area contributed by atoms with Crippen LogP contribution in [0.4, 0.5) is 5.82 Å². The molecule has 2 aromatic heterocycles. The molecule has 38 heavy (non-hydrogen) atoms. The van der Waals surface area contributed by atoms with Crippen LogP contribution in [0.15, 0.2) is 53.4 Å². The van der Waals surface area contributed by atoms with E-state index in [-0.39, 0.29) is 22.1 Å². The number of carbonyl (C=O) groups excluding carboxylic acids is 1. The molecule has 10 heteroatoms. The molecule has 1 fully saturated rings. The summed E-state index contributed by atoms with van der Waals surface area (Å²) in [5.41, 5.74) is 3.95. The van der Waals surface area contributed by atoms with Crippen molar-refractivity contribution in [1.82, 2.24) is 19.1 Å². The van der Waals surface area contributed by atoms with E-state index in [1.807, 2.05) is 26.0 Å². The topological polar surface area (TPSA) is 97.2 Å². The van der Waals surface area contributed by atoms with Crippen molar-refractivity contribution < 1.29 is 13.2 Å². The standard InChI is InChI=1S/C28H33N5O3S2/c1-18-6-9-22(10-7-18)38(35,36)32-14-12-20(13-15-32)26(34)30-25-16-19(2)31-33(25)27-29-23-11-8-21(28(3,4)5)17-24(23)37-27/h6-11,16-17,20H,12-15H2,1-5H3,(H,30,34). The lowest BCUT2D eigenvalue weighted by Crippen LogP contribution is -2.41. The molecule has 0 bridgehead atoms. The van der Waals surface area contributed by atoms with E-state index in [1.54, 1.807) is 28.9 Å². The second-order valence-electron chi connectivity index (χ2n) is 11.0. The van der Waals surface area contributed by atoms with Crippen LogP contribution in [0.1, 0.15) is 50.4 Å². The number of fused-ring (bicyclic) bond motifs is 1. The Morgan fingerprint density at radius 1 is 1.03 bits per heavy atom. The van der Waals surface area contributed by atoms with Crippen molar-refractivity contribution in [2.45, 2.75) is 57.8 Å². The number of aromatic nitrogens is 3. The first kappa shape index (κ1) is 26.5. The summed E-state index contributed by atoms with van der Waals surface area (Å²) in [5, 5.41) is 8.31. The van der Waals surface area contributed by atoms with Gasteiger partial charge in [0.05, 0.1) is 20.8 Å². The molecule has 0 saturated carbocycles. The first-order valence-corrected chi connectivity index (χ1v) is 15.0. The Bertz CT molecular complexity index is 1590. The molecule has 5 rings (SSSR count). The summed E-state index contributed by atoms with van der Waals surface area (Å²) in [6, 6.07) is 15.0. The number of nitrogens with zero attached hydrogens (tertiary/aromatic N) is 4. The average Bonchev–Trinajstić information content (AvgIpc) is 3.46. The van der Waals surface area contributed by atoms with Gasteiger partial charge >= 0.3 is 0 Å². The van der Waals surface area contributed by atoms with Gasteiger partial charge in [-0.05, 0) is 61.9 Å². The fraction of sp³-hybridized carbons (Fsp3) is 0.393. The van der Waals surface area contributed by atoms with E-state index < -0.39 is 10.0 Å². The molecule has 1 aliphatic heterocycles. The van der Waals surface area contributed by atoms with Crippen LogP contribution in [-0.4, -0.2) is 46.5 Å². The van der Waals surface area contributed by atoms with Gasteiger partial charge in [0.15, 0.2) is 0 Å². The highest BCUT2D eigenvalue weighted by atomic mass is 32.2. The third kappa shape index (κ3) is 5.25. The second-order valence-corrected chi connectivity index (χ2v) is 13.9. The Hall–Kier alpha value is -3.08. The van der Waals surface area contributed by atoms with Crippen LogP contribution in [0.3, 0.4) is 0 Å². The van der Waals surface area contributed by atoms with Crippen LogP contribution in [0.25, 0.3) is 15.3 Å². The molecule has 0 aliphatic carbocycles. The van der Waals surface area contributed by atoms with Crippen LogP contribution in [0.5, 0.6) is 0 Å².